The third-order valence-electron chi connectivity index (χ3n) is 7.31. The zero-order valence-corrected chi connectivity index (χ0v) is 18.5. The first-order valence-corrected chi connectivity index (χ1v) is 11.4. The van der Waals surface area contributed by atoms with Crippen molar-refractivity contribution in [2.75, 3.05) is 13.2 Å². The molecule has 2 amide bonds. The molecule has 1 saturated carbocycles. The quantitative estimate of drug-likeness (QED) is 0.645. The minimum absolute atomic E-state index is 0.121. The molecule has 4 unspecified atom stereocenters. The molecule has 2 N–H and O–H groups in total. The summed E-state index contributed by atoms with van der Waals surface area (Å²) in [5, 5.41) is 11.0. The number of nitrogens with one attached hydrogen (secondary N) is 1. The van der Waals surface area contributed by atoms with Crippen LogP contribution in [0.25, 0.3) is 11.1 Å². The summed E-state index contributed by atoms with van der Waals surface area (Å²) in [6.07, 6.45) is -6.69. The third kappa shape index (κ3) is 4.11. The van der Waals surface area contributed by atoms with Crippen molar-refractivity contribution < 1.29 is 37.4 Å². The lowest BCUT2D eigenvalue weighted by atomic mass is 9.74. The number of hydrogen-bond donors (Lipinski definition) is 2. The Hall–Kier alpha value is -3.56. The molecule has 184 valence electrons. The van der Waals surface area contributed by atoms with Gasteiger partial charge in [-0.3, -0.25) is 9.59 Å². The van der Waals surface area contributed by atoms with Gasteiger partial charge < -0.3 is 20.1 Å². The second kappa shape index (κ2) is 8.58. The van der Waals surface area contributed by atoms with Crippen LogP contribution in [-0.4, -0.2) is 59.4 Å². The summed E-state index contributed by atoms with van der Waals surface area (Å²) >= 11 is 0. The van der Waals surface area contributed by atoms with Gasteiger partial charge in [-0.15, -0.1) is 0 Å². The number of hydrogen-bond acceptors (Lipinski definition) is 4. The monoisotopic (exact) mass is 488 g/mol. The third-order valence-corrected chi connectivity index (χ3v) is 7.31. The van der Waals surface area contributed by atoms with E-state index in [0.717, 1.165) is 22.3 Å². The summed E-state index contributed by atoms with van der Waals surface area (Å²) in [6, 6.07) is 12.1. The molecular weight excluding hydrogens is 465 g/mol. The summed E-state index contributed by atoms with van der Waals surface area (Å²) in [5.74, 6) is -3.17. The maximum atomic E-state index is 13.6. The first-order valence-electron chi connectivity index (χ1n) is 11.4. The molecule has 6 rings (SSSR count). The lowest BCUT2D eigenvalue weighted by molar-refractivity contribution is -0.164. The van der Waals surface area contributed by atoms with Crippen LogP contribution in [0, 0.1) is 11.8 Å². The van der Waals surface area contributed by atoms with Crippen molar-refractivity contribution in [1.82, 2.24) is 10.2 Å². The van der Waals surface area contributed by atoms with Crippen LogP contribution in [0.5, 0.6) is 0 Å². The highest BCUT2D eigenvalue weighted by molar-refractivity contribution is 5.82. The van der Waals surface area contributed by atoms with Gasteiger partial charge in [0.25, 0.3) is 0 Å². The number of amides is 2. The van der Waals surface area contributed by atoms with Gasteiger partial charge in [-0.05, 0) is 34.6 Å². The lowest BCUT2D eigenvalue weighted by Crippen LogP contribution is -2.50. The number of halogens is 3. The Bertz CT molecular complexity index is 1140. The van der Waals surface area contributed by atoms with Gasteiger partial charge in [-0.2, -0.15) is 13.2 Å². The van der Waals surface area contributed by atoms with E-state index in [2.05, 4.69) is 0 Å². The smallest absolute Gasteiger partial charge is 0.409 e. The number of carboxylic acid groups (broad SMARTS) is 1. The van der Waals surface area contributed by atoms with E-state index < -0.39 is 48.6 Å². The fraction of sp³-hybridized carbons (Fsp3) is 0.400. The van der Waals surface area contributed by atoms with E-state index in [1.54, 1.807) is 5.32 Å². The lowest BCUT2D eigenvalue weighted by Gasteiger charge is -2.33. The largest absolute Gasteiger partial charge is 0.481 e. The Morgan fingerprint density at radius 3 is 2.20 bits per heavy atom. The molecule has 0 radical (unpaired) electrons. The maximum Gasteiger partial charge on any atom is 0.409 e. The molecule has 4 atom stereocenters. The number of aliphatic carboxylic acids is 1. The number of ether oxygens (including phenoxy) is 1. The van der Waals surface area contributed by atoms with Gasteiger partial charge in [-0.25, -0.2) is 4.79 Å². The topological polar surface area (TPSA) is 95.9 Å². The van der Waals surface area contributed by atoms with Crippen molar-refractivity contribution in [2.45, 2.75) is 37.0 Å². The fourth-order valence-electron chi connectivity index (χ4n) is 5.59. The van der Waals surface area contributed by atoms with Crippen molar-refractivity contribution in [2.24, 2.45) is 11.8 Å². The molecular formula is C25H23F3N2O5. The van der Waals surface area contributed by atoms with Crippen LogP contribution in [0.1, 0.15) is 29.9 Å². The van der Waals surface area contributed by atoms with Crippen LogP contribution in [0.3, 0.4) is 0 Å². The molecule has 0 spiro atoms. The second-order valence-electron chi connectivity index (χ2n) is 9.24. The molecule has 2 aliphatic carbocycles. The summed E-state index contributed by atoms with van der Waals surface area (Å²) in [7, 11) is 0. The summed E-state index contributed by atoms with van der Waals surface area (Å²) in [6.45, 7) is -0.0372. The van der Waals surface area contributed by atoms with Gasteiger partial charge in [-0.1, -0.05) is 48.5 Å². The molecule has 2 bridgehead atoms. The molecule has 4 aliphatic rings. The summed E-state index contributed by atoms with van der Waals surface area (Å²) < 4.78 is 46.1. The number of carbonyl (C=O) groups is 3. The van der Waals surface area contributed by atoms with Crippen LogP contribution in [0.4, 0.5) is 18.0 Å². The Labute approximate surface area is 198 Å². The number of nitrogens with zero attached hydrogens (tertiary/aromatic N) is 1. The highest BCUT2D eigenvalue weighted by Gasteiger charge is 2.57. The molecule has 3 fully saturated rings. The second-order valence-corrected chi connectivity index (χ2v) is 9.24. The molecule has 2 aliphatic heterocycles. The predicted octanol–water partition coefficient (Wildman–Crippen LogP) is 3.78. The van der Waals surface area contributed by atoms with Gasteiger partial charge in [0.05, 0.1) is 12.3 Å². The number of rotatable bonds is 6. The highest BCUT2D eigenvalue weighted by Crippen LogP contribution is 2.47. The molecule has 2 heterocycles. The average molecular weight is 488 g/mol. The molecule has 35 heavy (non-hydrogen) atoms. The van der Waals surface area contributed by atoms with Gasteiger partial charge in [0.2, 0.25) is 5.91 Å². The van der Waals surface area contributed by atoms with E-state index >= 15 is 0 Å². The van der Waals surface area contributed by atoms with Crippen molar-refractivity contribution in [3.63, 3.8) is 0 Å². The Balaban J connectivity index is 1.23. The van der Waals surface area contributed by atoms with Crippen LogP contribution in [0.15, 0.2) is 48.5 Å². The van der Waals surface area contributed by atoms with Crippen LogP contribution in [-0.2, 0) is 14.3 Å². The average Bonchev–Trinajstić information content (AvgIpc) is 3.47. The molecule has 7 nitrogen and oxygen atoms in total. The molecule has 2 aromatic carbocycles. The maximum absolute atomic E-state index is 13.6. The van der Waals surface area contributed by atoms with E-state index in [1.807, 2.05) is 48.5 Å². The number of carboxylic acids is 1. The van der Waals surface area contributed by atoms with E-state index in [4.69, 9.17) is 4.74 Å². The Morgan fingerprint density at radius 1 is 1.06 bits per heavy atom. The van der Waals surface area contributed by atoms with E-state index in [9.17, 15) is 32.7 Å². The first-order chi connectivity index (χ1) is 16.6. The molecule has 10 heteroatoms. The summed E-state index contributed by atoms with van der Waals surface area (Å²) in [4.78, 5) is 37.4. The molecule has 2 aromatic rings. The van der Waals surface area contributed by atoms with Crippen LogP contribution in [0.2, 0.25) is 0 Å². The predicted molar refractivity (Wildman–Crippen MR) is 117 cm³/mol. The van der Waals surface area contributed by atoms with Crippen molar-refractivity contribution in [3.8, 4) is 11.1 Å². The van der Waals surface area contributed by atoms with Crippen LogP contribution >= 0.6 is 0 Å². The minimum atomic E-state index is -4.88. The van der Waals surface area contributed by atoms with Gasteiger partial charge in [0, 0.05) is 18.5 Å². The number of carbonyl (C=O) groups excluding carboxylic acids is 2. The van der Waals surface area contributed by atoms with E-state index in [-0.39, 0.29) is 25.0 Å². The molecule has 2 saturated heterocycles. The summed E-state index contributed by atoms with van der Waals surface area (Å²) in [5.41, 5.74) is 3.81. The van der Waals surface area contributed by atoms with Crippen LogP contribution < -0.4 is 5.32 Å². The number of benzene rings is 2. The van der Waals surface area contributed by atoms with Gasteiger partial charge in [0.15, 0.2) is 0 Å². The van der Waals surface area contributed by atoms with E-state index in [1.165, 1.54) is 4.90 Å². The zero-order valence-electron chi connectivity index (χ0n) is 18.5. The fourth-order valence-corrected chi connectivity index (χ4v) is 5.59. The van der Waals surface area contributed by atoms with Gasteiger partial charge in [0.1, 0.15) is 12.6 Å². The van der Waals surface area contributed by atoms with E-state index in [0.29, 0.717) is 6.42 Å². The standard InChI is InChI=1S/C25H23F3N2O5/c26-25(27,28)20(10-21(31)30-11-13-9-19(30)22(13)23(32)33)29-24(34)35-12-18-16-7-3-1-5-14(16)15-6-2-4-8-17(15)18/h1-8,13,18-20,22H,9-12H2,(H,29,34)(H,32,33). The number of alkyl halides is 3. The SMILES string of the molecule is O=C(NC(CC(=O)N1CC2CC1C2C(=O)O)C(F)(F)F)OCC1c2ccccc2-c2ccccc21. The van der Waals surface area contributed by atoms with Crippen molar-refractivity contribution in [3.05, 3.63) is 59.7 Å². The zero-order chi connectivity index (χ0) is 24.9. The Kier molecular flexibility index (Phi) is 5.69. The minimum Gasteiger partial charge on any atom is -0.481 e. The number of fused-ring (bicyclic) bond motifs is 4. The number of alkyl carbamates (subject to hydrolysis) is 1. The normalized spacial score (nSPS) is 23.2. The Morgan fingerprint density at radius 2 is 1.66 bits per heavy atom. The van der Waals surface area contributed by atoms with Crippen molar-refractivity contribution >= 4 is 18.0 Å². The highest BCUT2D eigenvalue weighted by atomic mass is 19.4. The first kappa shape index (κ1) is 23.2. The van der Waals surface area contributed by atoms with Gasteiger partial charge >= 0.3 is 18.2 Å². The van der Waals surface area contributed by atoms with Crippen molar-refractivity contribution in [1.29, 1.82) is 0 Å². The molecule has 0 aromatic heterocycles.